The fourth-order valence-corrected chi connectivity index (χ4v) is 4.35. The smallest absolute Gasteiger partial charge is 0.242 e. The van der Waals surface area contributed by atoms with Gasteiger partial charge in [0.15, 0.2) is 0 Å². The van der Waals surface area contributed by atoms with Crippen LogP contribution >= 0.6 is 0 Å². The van der Waals surface area contributed by atoms with Crippen LogP contribution in [0.1, 0.15) is 48.2 Å². The number of benzene rings is 1. The van der Waals surface area contributed by atoms with Crippen molar-refractivity contribution in [3.05, 3.63) is 64.9 Å². The fraction of sp³-hybridized carbons (Fsp3) is 0.391. The van der Waals surface area contributed by atoms with Crippen molar-refractivity contribution in [2.75, 3.05) is 13.1 Å². The minimum absolute atomic E-state index is 0.0729. The monoisotopic (exact) mass is 394 g/mol. The number of pyridine rings is 1. The molecule has 152 valence electrons. The molecule has 3 aromatic rings. The Labute approximate surface area is 170 Å². The van der Waals surface area contributed by atoms with Crippen LogP contribution in [0.3, 0.4) is 0 Å². The number of amides is 1. The van der Waals surface area contributed by atoms with E-state index in [0.717, 1.165) is 65.6 Å². The summed E-state index contributed by atoms with van der Waals surface area (Å²) >= 11 is 0. The zero-order chi connectivity index (χ0) is 20.4. The SMILES string of the molecule is CCc1[nH]c2c(CNC(=O)C(c3cccnc3)N3CCCC3)cc(F)cc2c1C. The van der Waals surface area contributed by atoms with Gasteiger partial charge in [0.2, 0.25) is 5.91 Å². The first-order chi connectivity index (χ1) is 14.1. The number of aromatic nitrogens is 2. The molecule has 4 rings (SSSR count). The quantitative estimate of drug-likeness (QED) is 0.664. The highest BCUT2D eigenvalue weighted by Gasteiger charge is 2.29. The maximum Gasteiger partial charge on any atom is 0.242 e. The number of aromatic amines is 1. The molecule has 1 aliphatic rings. The molecule has 1 fully saturated rings. The molecule has 1 saturated heterocycles. The highest BCUT2D eigenvalue weighted by molar-refractivity contribution is 5.88. The second kappa shape index (κ2) is 8.33. The molecular weight excluding hydrogens is 367 g/mol. The van der Waals surface area contributed by atoms with E-state index in [2.05, 4.69) is 27.1 Å². The van der Waals surface area contributed by atoms with Crippen LogP contribution in [-0.4, -0.2) is 33.9 Å². The summed E-state index contributed by atoms with van der Waals surface area (Å²) in [5.74, 6) is -0.355. The lowest BCUT2D eigenvalue weighted by molar-refractivity contribution is -0.126. The number of carbonyl (C=O) groups is 1. The van der Waals surface area contributed by atoms with E-state index < -0.39 is 0 Å². The second-order valence-corrected chi connectivity index (χ2v) is 7.72. The van der Waals surface area contributed by atoms with Crippen molar-refractivity contribution < 1.29 is 9.18 Å². The molecule has 1 aromatic carbocycles. The topological polar surface area (TPSA) is 61.0 Å². The summed E-state index contributed by atoms with van der Waals surface area (Å²) in [6, 6.07) is 6.50. The van der Waals surface area contributed by atoms with Gasteiger partial charge in [0.05, 0.1) is 5.52 Å². The number of halogens is 1. The standard InChI is InChI=1S/C23H27FN4O/c1-3-20-15(2)19-12-18(24)11-17(21(19)27-20)14-26-23(29)22(28-9-4-5-10-28)16-7-6-8-25-13-16/h6-8,11-13,22,27H,3-5,9-10,14H2,1-2H3,(H,26,29). The zero-order valence-corrected chi connectivity index (χ0v) is 17.0. The van der Waals surface area contributed by atoms with Gasteiger partial charge < -0.3 is 10.3 Å². The Balaban J connectivity index is 1.59. The van der Waals surface area contributed by atoms with E-state index in [0.29, 0.717) is 0 Å². The van der Waals surface area contributed by atoms with Crippen molar-refractivity contribution in [3.63, 3.8) is 0 Å². The highest BCUT2D eigenvalue weighted by atomic mass is 19.1. The van der Waals surface area contributed by atoms with Crippen molar-refractivity contribution in [2.24, 2.45) is 0 Å². The Morgan fingerprint density at radius 1 is 1.34 bits per heavy atom. The predicted molar refractivity (Wildman–Crippen MR) is 112 cm³/mol. The van der Waals surface area contributed by atoms with E-state index >= 15 is 0 Å². The predicted octanol–water partition coefficient (Wildman–Crippen LogP) is 4.03. The molecule has 1 atom stereocenters. The molecule has 2 aromatic heterocycles. The third kappa shape index (κ3) is 3.90. The number of hydrogen-bond acceptors (Lipinski definition) is 3. The van der Waals surface area contributed by atoms with Gasteiger partial charge in [-0.15, -0.1) is 0 Å². The molecule has 0 bridgehead atoms. The van der Waals surface area contributed by atoms with Crippen LogP contribution in [0.15, 0.2) is 36.7 Å². The number of likely N-dealkylation sites (tertiary alicyclic amines) is 1. The number of carbonyl (C=O) groups excluding carboxylic acids is 1. The van der Waals surface area contributed by atoms with Gasteiger partial charge in [-0.05, 0) is 74.2 Å². The van der Waals surface area contributed by atoms with Crippen molar-refractivity contribution >= 4 is 16.8 Å². The molecule has 29 heavy (non-hydrogen) atoms. The van der Waals surface area contributed by atoms with Crippen LogP contribution in [0.2, 0.25) is 0 Å². The summed E-state index contributed by atoms with van der Waals surface area (Å²) in [5, 5.41) is 3.93. The van der Waals surface area contributed by atoms with Gasteiger partial charge in [-0.25, -0.2) is 4.39 Å². The van der Waals surface area contributed by atoms with E-state index in [1.807, 2.05) is 19.1 Å². The Morgan fingerprint density at radius 2 is 2.14 bits per heavy atom. The molecule has 6 heteroatoms. The van der Waals surface area contributed by atoms with Crippen LogP contribution in [0.4, 0.5) is 4.39 Å². The van der Waals surface area contributed by atoms with E-state index in [1.54, 1.807) is 18.5 Å². The number of H-pyrrole nitrogens is 1. The van der Waals surface area contributed by atoms with E-state index in [1.165, 1.54) is 6.07 Å². The third-order valence-corrected chi connectivity index (χ3v) is 5.88. The number of aryl methyl sites for hydroxylation is 2. The first-order valence-corrected chi connectivity index (χ1v) is 10.3. The van der Waals surface area contributed by atoms with Gasteiger partial charge >= 0.3 is 0 Å². The maximum atomic E-state index is 14.2. The van der Waals surface area contributed by atoms with Crippen LogP contribution in [0.5, 0.6) is 0 Å². The van der Waals surface area contributed by atoms with Gasteiger partial charge in [0.1, 0.15) is 11.9 Å². The van der Waals surface area contributed by atoms with Crippen LogP contribution in [0.25, 0.3) is 10.9 Å². The Kier molecular flexibility index (Phi) is 5.62. The van der Waals surface area contributed by atoms with Crippen molar-refractivity contribution in [1.82, 2.24) is 20.2 Å². The lowest BCUT2D eigenvalue weighted by atomic mass is 10.1. The number of nitrogens with one attached hydrogen (secondary N) is 2. The Hall–Kier alpha value is -2.73. The van der Waals surface area contributed by atoms with Crippen molar-refractivity contribution in [1.29, 1.82) is 0 Å². The number of rotatable bonds is 6. The normalized spacial score (nSPS) is 15.7. The van der Waals surface area contributed by atoms with E-state index in [9.17, 15) is 9.18 Å². The van der Waals surface area contributed by atoms with Crippen LogP contribution in [0, 0.1) is 12.7 Å². The van der Waals surface area contributed by atoms with Gasteiger partial charge in [-0.2, -0.15) is 0 Å². The molecule has 0 spiro atoms. The summed E-state index contributed by atoms with van der Waals surface area (Å²) < 4.78 is 14.2. The molecule has 0 saturated carbocycles. The minimum atomic E-state index is -0.369. The molecule has 1 amide bonds. The Morgan fingerprint density at radius 3 is 2.83 bits per heavy atom. The minimum Gasteiger partial charge on any atom is -0.358 e. The van der Waals surface area contributed by atoms with Crippen LogP contribution < -0.4 is 5.32 Å². The van der Waals surface area contributed by atoms with E-state index in [4.69, 9.17) is 0 Å². The lowest BCUT2D eigenvalue weighted by Crippen LogP contribution is -2.39. The fourth-order valence-electron chi connectivity index (χ4n) is 4.35. The molecule has 5 nitrogen and oxygen atoms in total. The molecule has 3 heterocycles. The molecule has 1 aliphatic heterocycles. The van der Waals surface area contributed by atoms with Crippen molar-refractivity contribution in [3.8, 4) is 0 Å². The first kappa shape index (κ1) is 19.6. The largest absolute Gasteiger partial charge is 0.358 e. The summed E-state index contributed by atoms with van der Waals surface area (Å²) in [7, 11) is 0. The molecular formula is C23H27FN4O. The molecule has 0 radical (unpaired) electrons. The zero-order valence-electron chi connectivity index (χ0n) is 17.0. The van der Waals surface area contributed by atoms with Crippen LogP contribution in [-0.2, 0) is 17.8 Å². The number of nitrogens with zero attached hydrogens (tertiary/aromatic N) is 2. The van der Waals surface area contributed by atoms with Gasteiger partial charge in [0, 0.05) is 30.0 Å². The third-order valence-electron chi connectivity index (χ3n) is 5.88. The first-order valence-electron chi connectivity index (χ1n) is 10.3. The summed E-state index contributed by atoms with van der Waals surface area (Å²) in [4.78, 5) is 23.0. The average molecular weight is 394 g/mol. The second-order valence-electron chi connectivity index (χ2n) is 7.72. The van der Waals surface area contributed by atoms with Gasteiger partial charge in [0.25, 0.3) is 0 Å². The van der Waals surface area contributed by atoms with E-state index in [-0.39, 0.29) is 24.3 Å². The lowest BCUT2D eigenvalue weighted by Gasteiger charge is -2.26. The maximum absolute atomic E-state index is 14.2. The summed E-state index contributed by atoms with van der Waals surface area (Å²) in [5.41, 5.74) is 4.73. The number of hydrogen-bond donors (Lipinski definition) is 2. The van der Waals surface area contributed by atoms with Gasteiger partial charge in [-0.3, -0.25) is 14.7 Å². The molecule has 0 aliphatic carbocycles. The summed E-state index contributed by atoms with van der Waals surface area (Å²) in [6.07, 6.45) is 6.51. The molecule has 1 unspecified atom stereocenters. The van der Waals surface area contributed by atoms with Crippen molar-refractivity contribution in [2.45, 2.75) is 45.7 Å². The number of fused-ring (bicyclic) bond motifs is 1. The summed E-state index contributed by atoms with van der Waals surface area (Å²) in [6.45, 7) is 6.15. The van der Waals surface area contributed by atoms with Gasteiger partial charge in [-0.1, -0.05) is 13.0 Å². The Bertz CT molecular complexity index is 1010. The highest BCUT2D eigenvalue weighted by Crippen LogP contribution is 2.28. The average Bonchev–Trinajstić information content (AvgIpc) is 3.36. The molecule has 2 N–H and O–H groups in total.